The van der Waals surface area contributed by atoms with Gasteiger partial charge in [0.15, 0.2) is 0 Å². The lowest BCUT2D eigenvalue weighted by molar-refractivity contribution is 0.226. The number of benzene rings is 1. The van der Waals surface area contributed by atoms with E-state index in [1.54, 1.807) is 0 Å². The number of hydrogen-bond donors (Lipinski definition) is 1. The molecule has 0 saturated heterocycles. The molecule has 0 aliphatic heterocycles. The van der Waals surface area contributed by atoms with E-state index in [1.165, 1.54) is 44.2 Å². The van der Waals surface area contributed by atoms with Gasteiger partial charge in [-0.3, -0.25) is 0 Å². The Balaban J connectivity index is 1.61. The van der Waals surface area contributed by atoms with E-state index in [0.717, 1.165) is 17.9 Å². The molecule has 0 amide bonds. The van der Waals surface area contributed by atoms with Crippen LogP contribution >= 0.6 is 0 Å². The van der Waals surface area contributed by atoms with Crippen molar-refractivity contribution in [3.05, 3.63) is 35.9 Å². The first-order valence-corrected chi connectivity index (χ1v) is 7.53. The van der Waals surface area contributed by atoms with Crippen LogP contribution in [0.3, 0.4) is 0 Å². The van der Waals surface area contributed by atoms with Crippen molar-refractivity contribution >= 4 is 0 Å². The van der Waals surface area contributed by atoms with Gasteiger partial charge in [0.1, 0.15) is 0 Å². The predicted octanol–water partition coefficient (Wildman–Crippen LogP) is 4.03. The molecule has 1 N–H and O–H groups in total. The SMILES string of the molecule is CC1CCC(NCCCc2ccccc2)CC1C. The smallest absolute Gasteiger partial charge is 0.00698 e. The number of rotatable bonds is 5. The van der Waals surface area contributed by atoms with Gasteiger partial charge in [-0.25, -0.2) is 0 Å². The third-order valence-electron chi connectivity index (χ3n) is 4.52. The molecule has 1 nitrogen and oxygen atoms in total. The molecule has 1 heteroatoms. The molecule has 1 fully saturated rings. The molecule has 0 heterocycles. The summed E-state index contributed by atoms with van der Waals surface area (Å²) in [6, 6.07) is 11.6. The molecule has 3 unspecified atom stereocenters. The number of nitrogens with one attached hydrogen (secondary N) is 1. The summed E-state index contributed by atoms with van der Waals surface area (Å²) in [5.41, 5.74) is 1.46. The van der Waals surface area contributed by atoms with E-state index >= 15 is 0 Å². The molecule has 1 aromatic rings. The molecule has 2 rings (SSSR count). The van der Waals surface area contributed by atoms with E-state index in [-0.39, 0.29) is 0 Å². The fourth-order valence-electron chi connectivity index (χ4n) is 2.98. The Morgan fingerprint density at radius 1 is 1.06 bits per heavy atom. The maximum absolute atomic E-state index is 3.74. The van der Waals surface area contributed by atoms with Gasteiger partial charge in [0.2, 0.25) is 0 Å². The summed E-state index contributed by atoms with van der Waals surface area (Å²) in [7, 11) is 0. The van der Waals surface area contributed by atoms with Crippen LogP contribution in [-0.4, -0.2) is 12.6 Å². The van der Waals surface area contributed by atoms with Gasteiger partial charge in [0, 0.05) is 6.04 Å². The first-order valence-electron chi connectivity index (χ1n) is 7.53. The highest BCUT2D eigenvalue weighted by atomic mass is 14.9. The topological polar surface area (TPSA) is 12.0 Å². The van der Waals surface area contributed by atoms with Crippen LogP contribution in [0.5, 0.6) is 0 Å². The largest absolute Gasteiger partial charge is 0.314 e. The monoisotopic (exact) mass is 245 g/mol. The zero-order chi connectivity index (χ0) is 12.8. The second-order valence-corrected chi connectivity index (χ2v) is 6.01. The van der Waals surface area contributed by atoms with Crippen LogP contribution in [0.1, 0.15) is 45.1 Å². The normalized spacial score (nSPS) is 28.2. The van der Waals surface area contributed by atoms with Gasteiger partial charge in [-0.05, 0) is 56.0 Å². The van der Waals surface area contributed by atoms with Gasteiger partial charge in [0.05, 0.1) is 0 Å². The van der Waals surface area contributed by atoms with Crippen LogP contribution in [0.15, 0.2) is 30.3 Å². The van der Waals surface area contributed by atoms with Gasteiger partial charge in [0.25, 0.3) is 0 Å². The van der Waals surface area contributed by atoms with Crippen molar-refractivity contribution in [2.24, 2.45) is 11.8 Å². The average molecular weight is 245 g/mol. The molecule has 1 saturated carbocycles. The molecule has 0 radical (unpaired) electrons. The quantitative estimate of drug-likeness (QED) is 0.772. The van der Waals surface area contributed by atoms with Crippen molar-refractivity contribution in [3.63, 3.8) is 0 Å². The Labute approximate surface area is 112 Å². The van der Waals surface area contributed by atoms with Crippen LogP contribution in [0.25, 0.3) is 0 Å². The van der Waals surface area contributed by atoms with Gasteiger partial charge < -0.3 is 5.32 Å². The maximum Gasteiger partial charge on any atom is 0.00698 e. The van der Waals surface area contributed by atoms with Crippen LogP contribution in [0.2, 0.25) is 0 Å². The van der Waals surface area contributed by atoms with Crippen molar-refractivity contribution in [2.75, 3.05) is 6.54 Å². The van der Waals surface area contributed by atoms with Crippen LogP contribution in [0.4, 0.5) is 0 Å². The third-order valence-corrected chi connectivity index (χ3v) is 4.52. The minimum Gasteiger partial charge on any atom is -0.314 e. The number of aryl methyl sites for hydroxylation is 1. The Hall–Kier alpha value is -0.820. The molecule has 1 aliphatic rings. The highest BCUT2D eigenvalue weighted by Crippen LogP contribution is 2.29. The van der Waals surface area contributed by atoms with E-state index in [2.05, 4.69) is 49.5 Å². The average Bonchev–Trinajstić information content (AvgIpc) is 2.40. The Morgan fingerprint density at radius 3 is 2.56 bits per heavy atom. The summed E-state index contributed by atoms with van der Waals surface area (Å²) in [5.74, 6) is 1.82. The van der Waals surface area contributed by atoms with Crippen LogP contribution in [0, 0.1) is 11.8 Å². The van der Waals surface area contributed by atoms with E-state index in [1.807, 2.05) is 0 Å². The van der Waals surface area contributed by atoms with Crippen molar-refractivity contribution in [2.45, 2.75) is 52.0 Å². The van der Waals surface area contributed by atoms with E-state index in [9.17, 15) is 0 Å². The summed E-state index contributed by atoms with van der Waals surface area (Å²) in [4.78, 5) is 0. The first kappa shape index (κ1) is 13.6. The van der Waals surface area contributed by atoms with Crippen LogP contribution in [-0.2, 0) is 6.42 Å². The molecule has 0 spiro atoms. The fourth-order valence-corrected chi connectivity index (χ4v) is 2.98. The van der Waals surface area contributed by atoms with E-state index < -0.39 is 0 Å². The molecular weight excluding hydrogens is 218 g/mol. The lowest BCUT2D eigenvalue weighted by Gasteiger charge is -2.32. The van der Waals surface area contributed by atoms with Gasteiger partial charge in [-0.2, -0.15) is 0 Å². The minimum absolute atomic E-state index is 0.770. The van der Waals surface area contributed by atoms with Crippen molar-refractivity contribution in [1.82, 2.24) is 5.32 Å². The summed E-state index contributed by atoms with van der Waals surface area (Å²) in [5, 5.41) is 3.74. The van der Waals surface area contributed by atoms with Gasteiger partial charge >= 0.3 is 0 Å². The molecule has 0 bridgehead atoms. The van der Waals surface area contributed by atoms with Crippen molar-refractivity contribution in [1.29, 1.82) is 0 Å². The summed E-state index contributed by atoms with van der Waals surface area (Å²) in [6.45, 7) is 5.97. The minimum atomic E-state index is 0.770. The third kappa shape index (κ3) is 4.13. The molecular formula is C17H27N. The Kier molecular flexibility index (Phi) is 5.25. The molecule has 1 aliphatic carbocycles. The highest BCUT2D eigenvalue weighted by Gasteiger charge is 2.23. The summed E-state index contributed by atoms with van der Waals surface area (Å²) in [6.07, 6.45) is 6.60. The highest BCUT2D eigenvalue weighted by molar-refractivity contribution is 5.14. The Bertz CT molecular complexity index is 333. The van der Waals surface area contributed by atoms with Crippen molar-refractivity contribution < 1.29 is 0 Å². The second-order valence-electron chi connectivity index (χ2n) is 6.01. The Morgan fingerprint density at radius 2 is 1.83 bits per heavy atom. The lowest BCUT2D eigenvalue weighted by atomic mass is 9.79. The predicted molar refractivity (Wildman–Crippen MR) is 78.7 cm³/mol. The molecule has 1 aromatic carbocycles. The van der Waals surface area contributed by atoms with E-state index in [4.69, 9.17) is 0 Å². The zero-order valence-electron chi connectivity index (χ0n) is 11.9. The maximum atomic E-state index is 3.74. The molecule has 18 heavy (non-hydrogen) atoms. The molecule has 3 atom stereocenters. The summed E-state index contributed by atoms with van der Waals surface area (Å²) >= 11 is 0. The summed E-state index contributed by atoms with van der Waals surface area (Å²) < 4.78 is 0. The van der Waals surface area contributed by atoms with Crippen LogP contribution < -0.4 is 5.32 Å². The van der Waals surface area contributed by atoms with Gasteiger partial charge in [-0.15, -0.1) is 0 Å². The molecule has 0 aromatic heterocycles. The molecule has 100 valence electrons. The zero-order valence-corrected chi connectivity index (χ0v) is 11.9. The number of hydrogen-bond acceptors (Lipinski definition) is 1. The van der Waals surface area contributed by atoms with E-state index in [0.29, 0.717) is 0 Å². The second kappa shape index (κ2) is 6.94. The first-order chi connectivity index (χ1) is 8.75. The fraction of sp³-hybridized carbons (Fsp3) is 0.647. The van der Waals surface area contributed by atoms with Gasteiger partial charge in [-0.1, -0.05) is 44.2 Å². The lowest BCUT2D eigenvalue weighted by Crippen LogP contribution is -2.36. The standard InChI is InChI=1S/C17H27N/c1-14-10-11-17(13-15(14)2)18-12-6-9-16-7-4-3-5-8-16/h3-5,7-8,14-15,17-18H,6,9-13H2,1-2H3. The van der Waals surface area contributed by atoms with Crippen molar-refractivity contribution in [3.8, 4) is 0 Å².